The smallest absolute Gasteiger partial charge is 0.333 e. The molecule has 0 aromatic carbocycles. The van der Waals surface area contributed by atoms with Crippen LogP contribution in [0.5, 0.6) is 0 Å². The third-order valence-electron chi connectivity index (χ3n) is 8.92. The largest absolute Gasteiger partial charge is 0.478 e. The third kappa shape index (κ3) is 28.7. The molecule has 0 bridgehead atoms. The number of hydrogen-bond donors (Lipinski definition) is 1. The van der Waals surface area contributed by atoms with Gasteiger partial charge in [0.05, 0.1) is 11.1 Å². The van der Waals surface area contributed by atoms with Crippen molar-refractivity contribution in [2.24, 2.45) is 0 Å². The number of unbranched alkanes of at least 4 members (excludes halogenated alkanes) is 22. The minimum atomic E-state index is -1.16. The fourth-order valence-corrected chi connectivity index (χ4v) is 6.02. The molecule has 1 N–H and O–H groups in total. The number of likely N-dealkylation sites (N-methyl/N-ethyl adjacent to an activating group) is 1. The molecule has 47 heavy (non-hydrogen) atoms. The number of ketones is 2. The number of carbonyl (C=O) groups excluding carboxylic acids is 2. The maximum atomic E-state index is 13.2. The number of hydrogen-bond acceptors (Lipinski definition) is 4. The first-order valence-electron chi connectivity index (χ1n) is 19.8. The Balaban J connectivity index is 4.39. The number of aliphatic carboxylic acids is 1. The van der Waals surface area contributed by atoms with Crippen LogP contribution in [0, 0.1) is 0 Å². The Kier molecular flexibility index (Phi) is 32.4. The topological polar surface area (TPSA) is 74.7 Å². The number of carboxylic acid groups (broad SMARTS) is 1. The van der Waals surface area contributed by atoms with Gasteiger partial charge in [-0.15, -0.1) is 0 Å². The average molecular weight is 658 g/mol. The van der Waals surface area contributed by atoms with E-state index in [4.69, 9.17) is 0 Å². The van der Waals surface area contributed by atoms with Crippen LogP contribution in [0.15, 0.2) is 35.5 Å². The average Bonchev–Trinajstić information content (AvgIpc) is 3.04. The Morgan fingerprint density at radius 1 is 0.468 bits per heavy atom. The highest BCUT2D eigenvalue weighted by Crippen LogP contribution is 2.19. The molecule has 0 unspecified atom stereocenters. The summed E-state index contributed by atoms with van der Waals surface area (Å²) in [5.74, 6) is -1.75. The Morgan fingerprint density at radius 2 is 0.766 bits per heavy atom. The summed E-state index contributed by atoms with van der Waals surface area (Å²) in [5, 5.41) is 9.90. The van der Waals surface area contributed by atoms with Gasteiger partial charge in [0.15, 0.2) is 11.6 Å². The summed E-state index contributed by atoms with van der Waals surface area (Å²) < 4.78 is 0. The molecular formula is C42H75NO4. The van der Waals surface area contributed by atoms with Crippen molar-refractivity contribution < 1.29 is 19.5 Å². The van der Waals surface area contributed by atoms with E-state index in [0.717, 1.165) is 64.2 Å². The summed E-state index contributed by atoms with van der Waals surface area (Å²) in [6, 6.07) is 0. The second-order valence-corrected chi connectivity index (χ2v) is 13.9. The Bertz CT molecular complexity index is 816. The van der Waals surface area contributed by atoms with Crippen LogP contribution >= 0.6 is 0 Å². The zero-order valence-electron chi connectivity index (χ0n) is 31.4. The van der Waals surface area contributed by atoms with E-state index in [0.29, 0.717) is 12.8 Å². The van der Waals surface area contributed by atoms with Crippen LogP contribution in [0.3, 0.4) is 0 Å². The molecule has 0 aromatic rings. The van der Waals surface area contributed by atoms with Gasteiger partial charge in [-0.05, 0) is 78.3 Å². The van der Waals surface area contributed by atoms with Gasteiger partial charge in [0, 0.05) is 19.4 Å². The molecule has 0 radical (unpaired) electrons. The van der Waals surface area contributed by atoms with Crippen molar-refractivity contribution in [1.29, 1.82) is 0 Å². The van der Waals surface area contributed by atoms with Crippen LogP contribution in [-0.2, 0) is 14.4 Å². The van der Waals surface area contributed by atoms with Crippen molar-refractivity contribution in [3.8, 4) is 0 Å². The van der Waals surface area contributed by atoms with Crippen LogP contribution in [0.25, 0.3) is 0 Å². The molecule has 5 heteroatoms. The van der Waals surface area contributed by atoms with Gasteiger partial charge >= 0.3 is 5.97 Å². The van der Waals surface area contributed by atoms with Gasteiger partial charge in [-0.2, -0.15) is 0 Å². The van der Waals surface area contributed by atoms with Gasteiger partial charge < -0.3 is 10.0 Å². The van der Waals surface area contributed by atoms with E-state index in [-0.39, 0.29) is 42.1 Å². The minimum Gasteiger partial charge on any atom is -0.478 e. The number of rotatable bonds is 35. The molecule has 5 nitrogen and oxygen atoms in total. The molecule has 0 spiro atoms. The highest BCUT2D eigenvalue weighted by atomic mass is 16.4. The van der Waals surface area contributed by atoms with E-state index in [1.165, 1.54) is 89.9 Å². The Morgan fingerprint density at radius 3 is 1.06 bits per heavy atom. The van der Waals surface area contributed by atoms with Gasteiger partial charge in [0.25, 0.3) is 0 Å². The fraction of sp³-hybridized carbons (Fsp3) is 0.786. The highest BCUT2D eigenvalue weighted by Gasteiger charge is 2.26. The quantitative estimate of drug-likeness (QED) is 0.0241. The molecule has 0 aliphatic rings. The zero-order chi connectivity index (χ0) is 34.8. The van der Waals surface area contributed by atoms with Gasteiger partial charge in [-0.25, -0.2) is 4.79 Å². The summed E-state index contributed by atoms with van der Waals surface area (Å²) in [7, 11) is 3.53. The number of carboxylic acids is 1. The minimum absolute atomic E-state index is 0.0505. The molecule has 0 amide bonds. The molecular weight excluding hydrogens is 582 g/mol. The van der Waals surface area contributed by atoms with Crippen molar-refractivity contribution in [2.75, 3.05) is 20.6 Å². The van der Waals surface area contributed by atoms with Gasteiger partial charge in [-0.3, -0.25) is 9.59 Å². The normalized spacial score (nSPS) is 11.7. The van der Waals surface area contributed by atoms with Gasteiger partial charge in [0.1, 0.15) is 0 Å². The second kappa shape index (κ2) is 33.9. The first-order chi connectivity index (χ1) is 22.8. The number of allylic oxidation sites excluding steroid dienone is 5. The standard InChI is InChI=1S/C42H75NO4/c1-5-7-9-11-13-15-17-19-21-23-25-27-29-31-33-35-39(44)41(38(42(46)47)37-43(3)4)40(45)36-34-32-30-28-26-24-22-20-18-16-14-12-10-8-6-2/h19-22H,5-18,23-37H2,1-4H3,(H,46,47)/b21-19-,22-20-. The van der Waals surface area contributed by atoms with Crippen LogP contribution < -0.4 is 0 Å². The SMILES string of the molecule is CCCCCCCC/C=C\CCCCCCCC(=O)C(C(=O)CCCCCCC/C=C\CCCCCCCC)=C(CN(C)C)C(=O)O. The summed E-state index contributed by atoms with van der Waals surface area (Å²) in [4.78, 5) is 40.3. The lowest BCUT2D eigenvalue weighted by Gasteiger charge is -2.15. The Labute approximate surface area is 291 Å². The van der Waals surface area contributed by atoms with E-state index in [1.807, 2.05) is 0 Å². The Hall–Kier alpha value is -2.01. The molecule has 272 valence electrons. The summed E-state index contributed by atoms with van der Waals surface area (Å²) in [6.07, 6.45) is 40.4. The van der Waals surface area contributed by atoms with Crippen molar-refractivity contribution in [3.63, 3.8) is 0 Å². The molecule has 0 atom stereocenters. The molecule has 0 fully saturated rings. The predicted molar refractivity (Wildman–Crippen MR) is 202 cm³/mol. The lowest BCUT2D eigenvalue weighted by Crippen LogP contribution is -2.26. The maximum Gasteiger partial charge on any atom is 0.333 e. The van der Waals surface area contributed by atoms with Crippen molar-refractivity contribution in [3.05, 3.63) is 35.5 Å². The van der Waals surface area contributed by atoms with Crippen LogP contribution in [0.4, 0.5) is 0 Å². The number of carbonyl (C=O) groups is 3. The second-order valence-electron chi connectivity index (χ2n) is 13.9. The van der Waals surface area contributed by atoms with Crippen LogP contribution in [0.1, 0.15) is 194 Å². The van der Waals surface area contributed by atoms with E-state index < -0.39 is 5.97 Å². The first kappa shape index (κ1) is 45.0. The molecule has 0 aliphatic heterocycles. The highest BCUT2D eigenvalue weighted by molar-refractivity contribution is 6.23. The molecule has 0 heterocycles. The van der Waals surface area contributed by atoms with Gasteiger partial charge in [0.2, 0.25) is 0 Å². The predicted octanol–water partition coefficient (Wildman–Crippen LogP) is 12.1. The van der Waals surface area contributed by atoms with Crippen LogP contribution in [0.2, 0.25) is 0 Å². The summed E-state index contributed by atoms with van der Waals surface area (Å²) >= 11 is 0. The van der Waals surface area contributed by atoms with E-state index in [9.17, 15) is 19.5 Å². The lowest BCUT2D eigenvalue weighted by atomic mass is 9.92. The van der Waals surface area contributed by atoms with Crippen molar-refractivity contribution >= 4 is 17.5 Å². The van der Waals surface area contributed by atoms with E-state index in [1.54, 1.807) is 19.0 Å². The lowest BCUT2D eigenvalue weighted by molar-refractivity contribution is -0.134. The third-order valence-corrected chi connectivity index (χ3v) is 8.92. The fourth-order valence-electron chi connectivity index (χ4n) is 6.02. The zero-order valence-corrected chi connectivity index (χ0v) is 31.4. The molecule has 0 rings (SSSR count). The summed E-state index contributed by atoms with van der Waals surface area (Å²) in [5.41, 5.74) is -0.109. The summed E-state index contributed by atoms with van der Waals surface area (Å²) in [6.45, 7) is 4.59. The first-order valence-corrected chi connectivity index (χ1v) is 19.8. The van der Waals surface area contributed by atoms with Crippen LogP contribution in [-0.4, -0.2) is 48.2 Å². The maximum absolute atomic E-state index is 13.2. The van der Waals surface area contributed by atoms with Crippen molar-refractivity contribution in [2.45, 2.75) is 194 Å². The number of nitrogens with zero attached hydrogens (tertiary/aromatic N) is 1. The molecule has 0 saturated carbocycles. The molecule has 0 aliphatic carbocycles. The molecule has 0 saturated heterocycles. The number of Topliss-reactive ketones (excluding diaryl/α,β-unsaturated/α-hetero) is 2. The van der Waals surface area contributed by atoms with E-state index in [2.05, 4.69) is 38.2 Å². The van der Waals surface area contributed by atoms with Crippen molar-refractivity contribution in [1.82, 2.24) is 4.90 Å². The molecule has 0 aromatic heterocycles. The van der Waals surface area contributed by atoms with E-state index >= 15 is 0 Å². The van der Waals surface area contributed by atoms with Gasteiger partial charge in [-0.1, -0.05) is 141 Å². The monoisotopic (exact) mass is 658 g/mol.